The molecule has 0 aliphatic rings. The predicted octanol–water partition coefficient (Wildman–Crippen LogP) is 4.97. The monoisotopic (exact) mass is 397 g/mol. The van der Waals surface area contributed by atoms with Crippen LogP contribution in [0.5, 0.6) is 0 Å². The van der Waals surface area contributed by atoms with Gasteiger partial charge in [-0.1, -0.05) is 18.2 Å². The van der Waals surface area contributed by atoms with E-state index in [0.29, 0.717) is 11.3 Å². The second-order valence-electron chi connectivity index (χ2n) is 7.65. The number of anilines is 1. The Bertz CT molecular complexity index is 1460. The summed E-state index contributed by atoms with van der Waals surface area (Å²) < 4.78 is 4.04. The normalized spacial score (nSPS) is 11.6. The van der Waals surface area contributed by atoms with Crippen molar-refractivity contribution in [1.29, 1.82) is 0 Å². The average Bonchev–Trinajstić information content (AvgIpc) is 3.20. The van der Waals surface area contributed by atoms with Crippen molar-refractivity contribution in [3.05, 3.63) is 65.5 Å². The van der Waals surface area contributed by atoms with E-state index in [4.69, 9.17) is 0 Å². The molecular weight excluding hydrogens is 374 g/mol. The minimum absolute atomic E-state index is 0.163. The first-order chi connectivity index (χ1) is 14.5. The van der Waals surface area contributed by atoms with Crippen LogP contribution in [0.3, 0.4) is 0 Å². The zero-order chi connectivity index (χ0) is 21.0. The molecule has 30 heavy (non-hydrogen) atoms. The van der Waals surface area contributed by atoms with Crippen molar-refractivity contribution in [3.8, 4) is 0 Å². The second-order valence-corrected chi connectivity index (χ2v) is 7.65. The molecule has 6 heteroatoms. The lowest BCUT2D eigenvalue weighted by Crippen LogP contribution is -2.14. The summed E-state index contributed by atoms with van der Waals surface area (Å²) in [4.78, 5) is 17.7. The number of amides is 1. The van der Waals surface area contributed by atoms with Crippen molar-refractivity contribution in [1.82, 2.24) is 19.3 Å². The van der Waals surface area contributed by atoms with Crippen molar-refractivity contribution in [2.75, 3.05) is 5.32 Å². The van der Waals surface area contributed by atoms with Crippen molar-refractivity contribution in [2.45, 2.75) is 27.3 Å². The van der Waals surface area contributed by atoms with Crippen LogP contribution in [0.25, 0.3) is 32.8 Å². The molecule has 0 fully saturated rings. The summed E-state index contributed by atoms with van der Waals surface area (Å²) in [6.07, 6.45) is 0. The zero-order valence-electron chi connectivity index (χ0n) is 17.5. The van der Waals surface area contributed by atoms with E-state index in [9.17, 15) is 4.79 Å². The van der Waals surface area contributed by atoms with E-state index in [-0.39, 0.29) is 5.91 Å². The van der Waals surface area contributed by atoms with Crippen LogP contribution < -0.4 is 5.32 Å². The van der Waals surface area contributed by atoms with E-state index in [1.807, 2.05) is 39.1 Å². The third-order valence-corrected chi connectivity index (χ3v) is 5.78. The minimum Gasteiger partial charge on any atom is -0.341 e. The molecule has 0 unspecified atom stereocenters. The van der Waals surface area contributed by atoms with Crippen LogP contribution in [-0.2, 0) is 13.6 Å². The molecule has 150 valence electrons. The van der Waals surface area contributed by atoms with Gasteiger partial charge in [0.2, 0.25) is 0 Å². The van der Waals surface area contributed by atoms with Crippen molar-refractivity contribution in [2.24, 2.45) is 7.05 Å². The first-order valence-corrected chi connectivity index (χ1v) is 10.1. The van der Waals surface area contributed by atoms with Gasteiger partial charge < -0.3 is 9.88 Å². The van der Waals surface area contributed by atoms with Gasteiger partial charge in [0.15, 0.2) is 5.65 Å². The smallest absolute Gasteiger partial charge is 0.257 e. The van der Waals surface area contributed by atoms with Gasteiger partial charge in [0.05, 0.1) is 17.0 Å². The number of hydrogen-bond donors (Lipinski definition) is 1. The molecule has 0 aliphatic heterocycles. The van der Waals surface area contributed by atoms with Crippen molar-refractivity contribution < 1.29 is 4.79 Å². The fraction of sp³-hybridized carbons (Fsp3) is 0.208. The molecule has 5 rings (SSSR count). The number of pyridine rings is 1. The Hall–Kier alpha value is -3.67. The lowest BCUT2D eigenvalue weighted by molar-refractivity contribution is 0.102. The average molecular weight is 397 g/mol. The number of carbonyl (C=O) groups excluding carboxylic acids is 1. The van der Waals surface area contributed by atoms with Gasteiger partial charge in [-0.2, -0.15) is 5.10 Å². The molecule has 0 saturated heterocycles. The van der Waals surface area contributed by atoms with E-state index >= 15 is 0 Å². The van der Waals surface area contributed by atoms with E-state index in [2.05, 4.69) is 57.2 Å². The fourth-order valence-electron chi connectivity index (χ4n) is 4.33. The van der Waals surface area contributed by atoms with Crippen LogP contribution in [0.4, 0.5) is 5.69 Å². The van der Waals surface area contributed by atoms with E-state index in [1.165, 1.54) is 16.4 Å². The lowest BCUT2D eigenvalue weighted by atomic mass is 10.1. The van der Waals surface area contributed by atoms with Crippen LogP contribution in [0.15, 0.2) is 48.5 Å². The Kier molecular flexibility index (Phi) is 4.10. The van der Waals surface area contributed by atoms with Crippen LogP contribution >= 0.6 is 0 Å². The number of nitrogens with one attached hydrogen (secondary N) is 1. The number of benzene rings is 2. The van der Waals surface area contributed by atoms with Gasteiger partial charge >= 0.3 is 0 Å². The highest BCUT2D eigenvalue weighted by molar-refractivity contribution is 6.11. The zero-order valence-corrected chi connectivity index (χ0v) is 17.5. The number of nitrogens with zero attached hydrogens (tertiary/aromatic N) is 4. The highest BCUT2D eigenvalue weighted by atomic mass is 16.1. The number of rotatable bonds is 3. The molecule has 0 radical (unpaired) electrons. The topological polar surface area (TPSA) is 64.7 Å². The standard InChI is InChI=1S/C24H23N5O/c1-5-29-21-9-7-6-8-17(21)20-12-16(10-11-22(20)29)26-24(30)19-13-18-15(3)27-28(4)23(18)25-14(19)2/h6-13H,5H2,1-4H3,(H,26,30). The number of hydrogen-bond acceptors (Lipinski definition) is 3. The maximum Gasteiger partial charge on any atom is 0.257 e. The number of carbonyl (C=O) groups is 1. The molecule has 1 N–H and O–H groups in total. The molecule has 0 atom stereocenters. The number of fused-ring (bicyclic) bond motifs is 4. The van der Waals surface area contributed by atoms with Crippen LogP contribution in [0.1, 0.15) is 28.7 Å². The Morgan fingerprint density at radius 3 is 2.53 bits per heavy atom. The third-order valence-electron chi connectivity index (χ3n) is 5.78. The molecule has 0 spiro atoms. The van der Waals surface area contributed by atoms with Crippen molar-refractivity contribution >= 4 is 44.4 Å². The number of aryl methyl sites for hydroxylation is 4. The summed E-state index contributed by atoms with van der Waals surface area (Å²) in [6, 6.07) is 16.3. The van der Waals surface area contributed by atoms with E-state index in [1.54, 1.807) is 4.68 Å². The molecule has 0 saturated carbocycles. The Balaban J connectivity index is 1.56. The van der Waals surface area contributed by atoms with E-state index < -0.39 is 0 Å². The van der Waals surface area contributed by atoms with Gasteiger partial charge in [-0.05, 0) is 51.1 Å². The summed E-state index contributed by atoms with van der Waals surface area (Å²) in [5.41, 5.74) is 6.05. The molecule has 6 nitrogen and oxygen atoms in total. The highest BCUT2D eigenvalue weighted by Crippen LogP contribution is 2.31. The van der Waals surface area contributed by atoms with Gasteiger partial charge in [-0.15, -0.1) is 0 Å². The highest BCUT2D eigenvalue weighted by Gasteiger charge is 2.16. The number of aromatic nitrogens is 4. The summed E-state index contributed by atoms with van der Waals surface area (Å²) in [5, 5.41) is 10.7. The van der Waals surface area contributed by atoms with Gasteiger partial charge in [0.1, 0.15) is 0 Å². The first-order valence-electron chi connectivity index (χ1n) is 10.1. The predicted molar refractivity (Wildman–Crippen MR) is 121 cm³/mol. The maximum absolute atomic E-state index is 13.1. The van der Waals surface area contributed by atoms with Gasteiger partial charge in [-0.3, -0.25) is 9.48 Å². The minimum atomic E-state index is -0.163. The second kappa shape index (κ2) is 6.69. The third kappa shape index (κ3) is 2.68. The molecule has 3 heterocycles. The first kappa shape index (κ1) is 18.4. The van der Waals surface area contributed by atoms with Gasteiger partial charge in [-0.25, -0.2) is 4.98 Å². The molecule has 0 bridgehead atoms. The molecule has 1 amide bonds. The Morgan fingerprint density at radius 1 is 0.967 bits per heavy atom. The summed E-state index contributed by atoms with van der Waals surface area (Å²) in [7, 11) is 1.86. The SMILES string of the molecule is CCn1c2ccccc2c2cc(NC(=O)c3cc4c(C)nn(C)c4nc3C)ccc21. The van der Waals surface area contributed by atoms with Gasteiger partial charge in [0.25, 0.3) is 5.91 Å². The Morgan fingerprint density at radius 2 is 1.73 bits per heavy atom. The molecule has 2 aromatic carbocycles. The number of para-hydroxylation sites is 1. The summed E-state index contributed by atoms with van der Waals surface area (Å²) in [5.74, 6) is -0.163. The molecule has 5 aromatic rings. The van der Waals surface area contributed by atoms with Crippen LogP contribution in [-0.4, -0.2) is 25.2 Å². The van der Waals surface area contributed by atoms with Gasteiger partial charge in [0, 0.05) is 46.5 Å². The van der Waals surface area contributed by atoms with Crippen LogP contribution in [0.2, 0.25) is 0 Å². The fourth-order valence-corrected chi connectivity index (χ4v) is 4.33. The molecule has 0 aliphatic carbocycles. The van der Waals surface area contributed by atoms with E-state index in [0.717, 1.165) is 34.3 Å². The van der Waals surface area contributed by atoms with Crippen LogP contribution in [0, 0.1) is 13.8 Å². The molecular formula is C24H23N5O. The lowest BCUT2D eigenvalue weighted by Gasteiger charge is -2.09. The summed E-state index contributed by atoms with van der Waals surface area (Å²) in [6.45, 7) is 6.83. The maximum atomic E-state index is 13.1. The summed E-state index contributed by atoms with van der Waals surface area (Å²) >= 11 is 0. The Labute approximate surface area is 174 Å². The molecule has 3 aromatic heterocycles. The van der Waals surface area contributed by atoms with Crippen molar-refractivity contribution in [3.63, 3.8) is 0 Å². The largest absolute Gasteiger partial charge is 0.341 e. The quantitative estimate of drug-likeness (QED) is 0.468.